The molecule has 1 fully saturated rings. The molecule has 0 aromatic carbocycles. The van der Waals surface area contributed by atoms with Crippen molar-refractivity contribution in [2.24, 2.45) is 0 Å². The Balaban J connectivity index is 2.55. The number of halogens is 1. The van der Waals surface area contributed by atoms with E-state index in [1.54, 1.807) is 7.11 Å². The predicted octanol–water partition coefficient (Wildman–Crippen LogP) is 0.885. The molecule has 1 aliphatic heterocycles. The molecule has 0 bridgehead atoms. The van der Waals surface area contributed by atoms with Gasteiger partial charge >= 0.3 is 0 Å². The van der Waals surface area contributed by atoms with Gasteiger partial charge in [-0.3, -0.25) is 0 Å². The molecule has 1 aliphatic rings. The van der Waals surface area contributed by atoms with Crippen LogP contribution in [0.3, 0.4) is 0 Å². The monoisotopic (exact) mass is 329 g/mol. The average Bonchev–Trinajstić information content (AvgIpc) is 2.30. The first-order chi connectivity index (χ1) is 8.10. The molecule has 1 N–H and O–H groups in total. The normalized spacial score (nSPS) is 20.4. The Labute approximate surface area is 111 Å². The summed E-state index contributed by atoms with van der Waals surface area (Å²) >= 11 is 3.31. The molecule has 5 nitrogen and oxygen atoms in total. The molecule has 102 valence electrons. The van der Waals surface area contributed by atoms with Gasteiger partial charge in [-0.25, -0.2) is 13.1 Å². The third-order valence-electron chi connectivity index (χ3n) is 2.76. The van der Waals surface area contributed by atoms with Gasteiger partial charge in [-0.2, -0.15) is 0 Å². The first-order valence-corrected chi connectivity index (χ1v) is 8.40. The highest BCUT2D eigenvalue weighted by Crippen LogP contribution is 2.15. The van der Waals surface area contributed by atoms with Crippen LogP contribution < -0.4 is 4.72 Å². The number of methoxy groups -OCH3 is 1. The van der Waals surface area contributed by atoms with Gasteiger partial charge in [0.2, 0.25) is 10.0 Å². The van der Waals surface area contributed by atoms with E-state index in [0.29, 0.717) is 32.7 Å². The van der Waals surface area contributed by atoms with Gasteiger partial charge in [0.05, 0.1) is 11.9 Å². The standard InChI is InChI=1S/C10H20BrNO4S/c1-15-8-9(2-5-11)12-17(13,14)10-3-6-16-7-4-10/h9-10,12H,2-8H2,1H3. The van der Waals surface area contributed by atoms with Crippen molar-refractivity contribution in [1.29, 1.82) is 0 Å². The van der Waals surface area contributed by atoms with Crippen molar-refractivity contribution in [3.05, 3.63) is 0 Å². The van der Waals surface area contributed by atoms with E-state index in [2.05, 4.69) is 20.7 Å². The van der Waals surface area contributed by atoms with Crippen molar-refractivity contribution in [3.63, 3.8) is 0 Å². The molecule has 0 radical (unpaired) electrons. The SMILES string of the molecule is COCC(CCBr)NS(=O)(=O)C1CCOCC1. The van der Waals surface area contributed by atoms with E-state index >= 15 is 0 Å². The lowest BCUT2D eigenvalue weighted by Crippen LogP contribution is -2.45. The summed E-state index contributed by atoms with van der Waals surface area (Å²) < 4.78 is 37.1. The van der Waals surface area contributed by atoms with Crippen molar-refractivity contribution in [3.8, 4) is 0 Å². The van der Waals surface area contributed by atoms with Crippen LogP contribution in [0.1, 0.15) is 19.3 Å². The molecule has 0 aromatic rings. The minimum absolute atomic E-state index is 0.160. The summed E-state index contributed by atoms with van der Waals surface area (Å²) in [5.74, 6) is 0. The van der Waals surface area contributed by atoms with Crippen molar-refractivity contribution in [2.45, 2.75) is 30.6 Å². The fourth-order valence-corrected chi connectivity index (χ4v) is 4.03. The summed E-state index contributed by atoms with van der Waals surface area (Å²) in [5, 5.41) is 0.420. The van der Waals surface area contributed by atoms with E-state index in [1.807, 2.05) is 0 Å². The molecule has 0 spiro atoms. The molecule has 1 rings (SSSR count). The minimum atomic E-state index is -3.26. The third kappa shape index (κ3) is 5.21. The largest absolute Gasteiger partial charge is 0.383 e. The Morgan fingerprint density at radius 1 is 1.47 bits per heavy atom. The molecule has 0 saturated carbocycles. The molecule has 7 heteroatoms. The lowest BCUT2D eigenvalue weighted by atomic mass is 10.2. The zero-order valence-electron chi connectivity index (χ0n) is 10.0. The molecule has 17 heavy (non-hydrogen) atoms. The number of hydrogen-bond acceptors (Lipinski definition) is 4. The van der Waals surface area contributed by atoms with Crippen LogP contribution in [0.25, 0.3) is 0 Å². The van der Waals surface area contributed by atoms with Crippen LogP contribution in [0.5, 0.6) is 0 Å². The molecule has 1 unspecified atom stereocenters. The summed E-state index contributed by atoms with van der Waals surface area (Å²) in [6.45, 7) is 1.45. The molecule has 1 saturated heterocycles. The van der Waals surface area contributed by atoms with Gasteiger partial charge in [-0.15, -0.1) is 0 Å². The van der Waals surface area contributed by atoms with Crippen molar-refractivity contribution in [1.82, 2.24) is 4.72 Å². The van der Waals surface area contributed by atoms with Crippen molar-refractivity contribution < 1.29 is 17.9 Å². The number of sulfonamides is 1. The van der Waals surface area contributed by atoms with Crippen LogP contribution in [0.15, 0.2) is 0 Å². The molecule has 1 atom stereocenters. The fourth-order valence-electron chi connectivity index (χ4n) is 1.82. The topological polar surface area (TPSA) is 64.6 Å². The summed E-state index contributed by atoms with van der Waals surface area (Å²) in [7, 11) is -1.68. The second-order valence-corrected chi connectivity index (χ2v) is 6.89. The molecular formula is C10H20BrNO4S. The van der Waals surface area contributed by atoms with E-state index in [1.165, 1.54) is 0 Å². The fraction of sp³-hybridized carbons (Fsp3) is 1.00. The quantitative estimate of drug-likeness (QED) is 0.704. The van der Waals surface area contributed by atoms with Crippen LogP contribution >= 0.6 is 15.9 Å². The van der Waals surface area contributed by atoms with Crippen LogP contribution in [0.2, 0.25) is 0 Å². The maximum absolute atomic E-state index is 12.1. The zero-order valence-corrected chi connectivity index (χ0v) is 12.4. The van der Waals surface area contributed by atoms with Crippen LogP contribution in [-0.4, -0.2) is 52.0 Å². The molecule has 0 aliphatic carbocycles. The average molecular weight is 330 g/mol. The highest BCUT2D eigenvalue weighted by molar-refractivity contribution is 9.09. The summed E-state index contributed by atoms with van der Waals surface area (Å²) in [5.41, 5.74) is 0. The summed E-state index contributed by atoms with van der Waals surface area (Å²) in [4.78, 5) is 0. The van der Waals surface area contributed by atoms with E-state index in [9.17, 15) is 8.42 Å². The van der Waals surface area contributed by atoms with Gasteiger partial charge in [0.1, 0.15) is 0 Å². The summed E-state index contributed by atoms with van der Waals surface area (Å²) in [6, 6.07) is -0.160. The first kappa shape index (κ1) is 15.4. The lowest BCUT2D eigenvalue weighted by molar-refractivity contribution is 0.0978. The Bertz CT molecular complexity index is 297. The number of hydrogen-bond donors (Lipinski definition) is 1. The highest BCUT2D eigenvalue weighted by atomic mass is 79.9. The van der Waals surface area contributed by atoms with Gasteiger partial charge in [0.25, 0.3) is 0 Å². The maximum Gasteiger partial charge on any atom is 0.214 e. The molecular weight excluding hydrogens is 310 g/mol. The van der Waals surface area contributed by atoms with E-state index in [-0.39, 0.29) is 11.3 Å². The van der Waals surface area contributed by atoms with Gasteiger partial charge in [-0.1, -0.05) is 15.9 Å². The maximum atomic E-state index is 12.1. The van der Waals surface area contributed by atoms with Gasteiger partial charge in [-0.05, 0) is 19.3 Å². The van der Waals surface area contributed by atoms with Crippen LogP contribution in [0.4, 0.5) is 0 Å². The smallest absolute Gasteiger partial charge is 0.214 e. The third-order valence-corrected chi connectivity index (χ3v) is 5.23. The van der Waals surface area contributed by atoms with E-state index in [0.717, 1.165) is 11.8 Å². The number of rotatable bonds is 7. The first-order valence-electron chi connectivity index (χ1n) is 5.74. The number of ether oxygens (including phenoxy) is 2. The van der Waals surface area contributed by atoms with Gasteiger partial charge < -0.3 is 9.47 Å². The predicted molar refractivity (Wildman–Crippen MR) is 70.0 cm³/mol. The highest BCUT2D eigenvalue weighted by Gasteiger charge is 2.29. The van der Waals surface area contributed by atoms with E-state index < -0.39 is 10.0 Å². The Kier molecular flexibility index (Phi) is 6.94. The van der Waals surface area contributed by atoms with Crippen molar-refractivity contribution >= 4 is 26.0 Å². The van der Waals surface area contributed by atoms with E-state index in [4.69, 9.17) is 9.47 Å². The Morgan fingerprint density at radius 2 is 2.12 bits per heavy atom. The molecule has 0 amide bonds. The Morgan fingerprint density at radius 3 is 2.65 bits per heavy atom. The molecule has 1 heterocycles. The second kappa shape index (κ2) is 7.68. The lowest BCUT2D eigenvalue weighted by Gasteiger charge is -2.25. The number of nitrogens with one attached hydrogen (secondary N) is 1. The van der Waals surface area contributed by atoms with Crippen molar-refractivity contribution in [2.75, 3.05) is 32.3 Å². The van der Waals surface area contributed by atoms with Crippen LogP contribution in [0, 0.1) is 0 Å². The Hall–Kier alpha value is 0.310. The van der Waals surface area contributed by atoms with Gasteiger partial charge in [0, 0.05) is 31.7 Å². The zero-order chi connectivity index (χ0) is 12.7. The minimum Gasteiger partial charge on any atom is -0.383 e. The molecule has 0 aromatic heterocycles. The van der Waals surface area contributed by atoms with Gasteiger partial charge in [0.15, 0.2) is 0 Å². The van der Waals surface area contributed by atoms with Crippen LogP contribution in [-0.2, 0) is 19.5 Å². The number of alkyl halides is 1. The second-order valence-electron chi connectivity index (χ2n) is 4.10. The summed E-state index contributed by atoms with van der Waals surface area (Å²) in [6.07, 6.45) is 1.86.